The lowest BCUT2D eigenvalue weighted by molar-refractivity contribution is -0.143. The van der Waals surface area contributed by atoms with Crippen LogP contribution >= 0.6 is 0 Å². The van der Waals surface area contributed by atoms with Crippen LogP contribution in [0, 0.1) is 0 Å². The molecule has 2 amide bonds. The molecule has 0 bridgehead atoms. The first kappa shape index (κ1) is 28.2. The maximum atomic E-state index is 13.4. The topological polar surface area (TPSA) is 93.1 Å². The molecule has 7 heteroatoms. The SMILES string of the molecule is O=C(c1ccc(C2C(O)c3ccccc3NC23CCCCCCCCCC3)cc1)N1CCN(C(=O)C2(O)CC2)CC1. The van der Waals surface area contributed by atoms with E-state index in [4.69, 9.17) is 0 Å². The molecule has 1 saturated heterocycles. The molecule has 2 heterocycles. The summed E-state index contributed by atoms with van der Waals surface area (Å²) >= 11 is 0. The van der Waals surface area contributed by atoms with Gasteiger partial charge in [-0.05, 0) is 49.4 Å². The molecular formula is C34H45N3O4. The van der Waals surface area contributed by atoms with Gasteiger partial charge in [0.2, 0.25) is 0 Å². The van der Waals surface area contributed by atoms with Crippen LogP contribution in [0.5, 0.6) is 0 Å². The van der Waals surface area contributed by atoms with Gasteiger partial charge in [-0.15, -0.1) is 0 Å². The van der Waals surface area contributed by atoms with Gasteiger partial charge in [0.15, 0.2) is 0 Å². The van der Waals surface area contributed by atoms with Gasteiger partial charge in [-0.1, -0.05) is 81.7 Å². The Bertz CT molecular complexity index is 1220. The van der Waals surface area contributed by atoms with Crippen molar-refractivity contribution in [2.24, 2.45) is 0 Å². The minimum absolute atomic E-state index is 0.0360. The van der Waals surface area contributed by atoms with E-state index in [-0.39, 0.29) is 23.3 Å². The number of fused-ring (bicyclic) bond motifs is 1. The Labute approximate surface area is 243 Å². The lowest BCUT2D eigenvalue weighted by Crippen LogP contribution is -2.53. The molecule has 2 saturated carbocycles. The molecule has 41 heavy (non-hydrogen) atoms. The third kappa shape index (κ3) is 5.76. The number of nitrogens with zero attached hydrogens (tertiary/aromatic N) is 2. The zero-order valence-corrected chi connectivity index (χ0v) is 24.2. The van der Waals surface area contributed by atoms with Crippen LogP contribution in [0.25, 0.3) is 0 Å². The van der Waals surface area contributed by atoms with Crippen LogP contribution in [0.1, 0.15) is 111 Å². The van der Waals surface area contributed by atoms with Gasteiger partial charge in [0.05, 0.1) is 6.10 Å². The smallest absolute Gasteiger partial charge is 0.254 e. The number of hydrogen-bond donors (Lipinski definition) is 3. The summed E-state index contributed by atoms with van der Waals surface area (Å²) in [5.41, 5.74) is 2.29. The van der Waals surface area contributed by atoms with Crippen molar-refractivity contribution in [3.8, 4) is 0 Å². The molecule has 2 aliphatic carbocycles. The molecule has 0 radical (unpaired) electrons. The zero-order chi connectivity index (χ0) is 28.5. The molecular weight excluding hydrogens is 514 g/mol. The quantitative estimate of drug-likeness (QED) is 0.469. The summed E-state index contributed by atoms with van der Waals surface area (Å²) in [5.74, 6) is -0.337. The van der Waals surface area contributed by atoms with Gasteiger partial charge in [0.1, 0.15) is 5.60 Å². The number of hydrogen-bond acceptors (Lipinski definition) is 5. The molecule has 7 nitrogen and oxygen atoms in total. The third-order valence-corrected chi connectivity index (χ3v) is 10.1. The second-order valence-corrected chi connectivity index (χ2v) is 12.9. The highest BCUT2D eigenvalue weighted by Gasteiger charge is 2.50. The van der Waals surface area contributed by atoms with Gasteiger partial charge in [-0.3, -0.25) is 9.59 Å². The number of para-hydroxylation sites is 1. The van der Waals surface area contributed by atoms with Crippen molar-refractivity contribution in [2.75, 3.05) is 31.5 Å². The first-order chi connectivity index (χ1) is 19.9. The molecule has 2 aliphatic heterocycles. The molecule has 2 atom stereocenters. The number of amides is 2. The lowest BCUT2D eigenvalue weighted by Gasteiger charge is -2.49. The van der Waals surface area contributed by atoms with E-state index >= 15 is 0 Å². The maximum absolute atomic E-state index is 13.4. The van der Waals surface area contributed by atoms with Crippen molar-refractivity contribution in [2.45, 2.75) is 100 Å². The van der Waals surface area contributed by atoms with Crippen molar-refractivity contribution in [3.05, 3.63) is 65.2 Å². The summed E-state index contributed by atoms with van der Waals surface area (Å²) in [5, 5.41) is 26.0. The van der Waals surface area contributed by atoms with E-state index in [2.05, 4.69) is 11.4 Å². The van der Waals surface area contributed by atoms with E-state index in [1.165, 1.54) is 38.5 Å². The Hall–Kier alpha value is -2.90. The fraction of sp³-hybridized carbons (Fsp3) is 0.588. The highest BCUT2D eigenvalue weighted by Crippen LogP contribution is 2.52. The monoisotopic (exact) mass is 559 g/mol. The number of carbonyl (C=O) groups is 2. The number of rotatable bonds is 3. The van der Waals surface area contributed by atoms with E-state index in [0.717, 1.165) is 42.5 Å². The average Bonchev–Trinajstić information content (AvgIpc) is 3.76. The fourth-order valence-electron chi connectivity index (χ4n) is 7.46. The normalized spacial score (nSPS) is 25.9. The molecule has 2 unspecified atom stereocenters. The van der Waals surface area contributed by atoms with Crippen molar-refractivity contribution >= 4 is 17.5 Å². The highest BCUT2D eigenvalue weighted by molar-refractivity contribution is 5.94. The summed E-state index contributed by atoms with van der Waals surface area (Å²) in [6.45, 7) is 1.83. The molecule has 1 spiro atoms. The Morgan fingerprint density at radius 1 is 0.732 bits per heavy atom. The first-order valence-corrected chi connectivity index (χ1v) is 15.9. The Morgan fingerprint density at radius 2 is 1.29 bits per heavy atom. The zero-order valence-electron chi connectivity index (χ0n) is 24.2. The fourth-order valence-corrected chi connectivity index (χ4v) is 7.46. The number of aliphatic hydroxyl groups excluding tert-OH is 1. The van der Waals surface area contributed by atoms with Crippen molar-refractivity contribution in [3.63, 3.8) is 0 Å². The van der Waals surface area contributed by atoms with Gasteiger partial charge in [0.25, 0.3) is 11.8 Å². The molecule has 4 aliphatic rings. The van der Waals surface area contributed by atoms with Gasteiger partial charge in [-0.2, -0.15) is 0 Å². The van der Waals surface area contributed by atoms with Crippen LogP contribution in [-0.4, -0.2) is 69.1 Å². The molecule has 2 aromatic rings. The van der Waals surface area contributed by atoms with E-state index in [9.17, 15) is 19.8 Å². The average molecular weight is 560 g/mol. The van der Waals surface area contributed by atoms with Crippen molar-refractivity contribution in [1.82, 2.24) is 9.80 Å². The van der Waals surface area contributed by atoms with Crippen LogP contribution in [0.2, 0.25) is 0 Å². The van der Waals surface area contributed by atoms with Crippen molar-refractivity contribution in [1.29, 1.82) is 0 Å². The number of benzene rings is 2. The van der Waals surface area contributed by atoms with Gasteiger partial charge >= 0.3 is 0 Å². The molecule has 3 fully saturated rings. The second kappa shape index (κ2) is 11.8. The Morgan fingerprint density at radius 3 is 1.90 bits per heavy atom. The summed E-state index contributed by atoms with van der Waals surface area (Å²) in [4.78, 5) is 29.4. The largest absolute Gasteiger partial charge is 0.388 e. The molecule has 3 N–H and O–H groups in total. The van der Waals surface area contributed by atoms with Gasteiger partial charge in [-0.25, -0.2) is 0 Å². The standard InChI is InChI=1S/C34H45N3O4/c38-30-27-11-7-8-12-28(27)35-33(17-9-5-3-1-2-4-6-10-18-33)29(30)25-13-15-26(16-14-25)31(39)36-21-23-37(24-22-36)32(40)34(41)19-20-34/h7-8,11-16,29-30,35,38,41H,1-6,9-10,17-24H2. The number of carbonyl (C=O) groups excluding carboxylic acids is 2. The third-order valence-electron chi connectivity index (χ3n) is 10.1. The Balaban J connectivity index is 1.22. The van der Waals surface area contributed by atoms with E-state index in [1.54, 1.807) is 9.80 Å². The van der Waals surface area contributed by atoms with Crippen LogP contribution in [0.3, 0.4) is 0 Å². The minimum Gasteiger partial charge on any atom is -0.388 e. The van der Waals surface area contributed by atoms with Gasteiger partial charge < -0.3 is 25.3 Å². The van der Waals surface area contributed by atoms with Crippen LogP contribution in [0.15, 0.2) is 48.5 Å². The van der Waals surface area contributed by atoms with E-state index in [1.807, 2.05) is 42.5 Å². The maximum Gasteiger partial charge on any atom is 0.254 e. The predicted octanol–water partition coefficient (Wildman–Crippen LogP) is 5.39. The van der Waals surface area contributed by atoms with E-state index in [0.29, 0.717) is 44.6 Å². The van der Waals surface area contributed by atoms with Gasteiger partial charge in [0, 0.05) is 54.5 Å². The molecule has 220 valence electrons. The summed E-state index contributed by atoms with van der Waals surface area (Å²) < 4.78 is 0. The minimum atomic E-state index is -1.16. The lowest BCUT2D eigenvalue weighted by atomic mass is 9.66. The molecule has 6 rings (SSSR count). The van der Waals surface area contributed by atoms with Crippen molar-refractivity contribution < 1.29 is 19.8 Å². The number of nitrogens with one attached hydrogen (secondary N) is 1. The van der Waals surface area contributed by atoms with Crippen LogP contribution in [0.4, 0.5) is 5.69 Å². The highest BCUT2D eigenvalue weighted by atomic mass is 16.3. The second-order valence-electron chi connectivity index (χ2n) is 12.9. The first-order valence-electron chi connectivity index (χ1n) is 15.9. The number of anilines is 1. The number of piperazine rings is 1. The summed E-state index contributed by atoms with van der Waals surface area (Å²) in [6.07, 6.45) is 12.4. The van der Waals surface area contributed by atoms with Crippen LogP contribution in [-0.2, 0) is 4.79 Å². The predicted molar refractivity (Wildman–Crippen MR) is 160 cm³/mol. The summed E-state index contributed by atoms with van der Waals surface area (Å²) in [6, 6.07) is 16.1. The van der Waals surface area contributed by atoms with Crippen LogP contribution < -0.4 is 5.32 Å². The summed E-state index contributed by atoms with van der Waals surface area (Å²) in [7, 11) is 0. The Kier molecular flexibility index (Phi) is 8.10. The molecule has 0 aromatic heterocycles. The van der Waals surface area contributed by atoms with E-state index < -0.39 is 11.7 Å². The number of aliphatic hydroxyl groups is 2. The molecule has 2 aromatic carbocycles.